The molecule has 0 radical (unpaired) electrons. The van der Waals surface area contributed by atoms with Crippen molar-refractivity contribution in [2.24, 2.45) is 13.0 Å². The third-order valence-corrected chi connectivity index (χ3v) is 3.06. The fraction of sp³-hybridized carbons (Fsp3) is 0.714. The summed E-state index contributed by atoms with van der Waals surface area (Å²) in [6.07, 6.45) is 2.73. The topological polar surface area (TPSA) is 47.4 Å². The Labute approximate surface area is 115 Å². The maximum atomic E-state index is 11.8. The molecule has 0 atom stereocenters. The molecule has 0 bridgehead atoms. The van der Waals surface area contributed by atoms with Gasteiger partial charge in [-0.3, -0.25) is 4.68 Å². The Bertz CT molecular complexity index is 413. The third kappa shape index (κ3) is 4.67. The molecule has 19 heavy (non-hydrogen) atoms. The second kappa shape index (κ2) is 7.28. The molecule has 1 heterocycles. The Hall–Kier alpha value is -1.36. The van der Waals surface area contributed by atoms with E-state index in [9.17, 15) is 4.79 Å². The summed E-state index contributed by atoms with van der Waals surface area (Å²) >= 11 is 0. The van der Waals surface area contributed by atoms with Gasteiger partial charge in [0.2, 0.25) is 0 Å². The molecule has 0 amide bonds. The van der Waals surface area contributed by atoms with Crippen molar-refractivity contribution >= 4 is 5.97 Å². The highest BCUT2D eigenvalue weighted by Gasteiger charge is 2.18. The first-order chi connectivity index (χ1) is 8.95. The fourth-order valence-corrected chi connectivity index (χ4v) is 1.84. The summed E-state index contributed by atoms with van der Waals surface area (Å²) in [6, 6.07) is 0. The van der Waals surface area contributed by atoms with Crippen molar-refractivity contribution in [3.63, 3.8) is 0 Å². The van der Waals surface area contributed by atoms with Crippen molar-refractivity contribution in [2.75, 3.05) is 20.2 Å². The predicted molar refractivity (Wildman–Crippen MR) is 75.0 cm³/mol. The number of carbonyl (C=O) groups is 1. The molecule has 0 spiro atoms. The first-order valence-electron chi connectivity index (χ1n) is 6.82. The van der Waals surface area contributed by atoms with E-state index in [4.69, 9.17) is 4.74 Å². The molecule has 0 fully saturated rings. The van der Waals surface area contributed by atoms with Gasteiger partial charge >= 0.3 is 5.97 Å². The van der Waals surface area contributed by atoms with Crippen LogP contribution < -0.4 is 0 Å². The zero-order chi connectivity index (χ0) is 14.4. The van der Waals surface area contributed by atoms with Gasteiger partial charge < -0.3 is 9.64 Å². The van der Waals surface area contributed by atoms with Gasteiger partial charge in [0.15, 0.2) is 0 Å². The van der Waals surface area contributed by atoms with E-state index in [-0.39, 0.29) is 5.97 Å². The van der Waals surface area contributed by atoms with Crippen LogP contribution in [0.5, 0.6) is 0 Å². The summed E-state index contributed by atoms with van der Waals surface area (Å²) in [5.74, 6) is 0.390. The van der Waals surface area contributed by atoms with Crippen LogP contribution in [0.25, 0.3) is 0 Å². The SMILES string of the molecule is CCOC(=O)c1cnn(C)c1CN(C)CCC(C)C. The molecule has 0 saturated heterocycles. The molecule has 0 aromatic carbocycles. The van der Waals surface area contributed by atoms with Crippen molar-refractivity contribution in [3.05, 3.63) is 17.5 Å². The smallest absolute Gasteiger partial charge is 0.341 e. The van der Waals surface area contributed by atoms with Crippen LogP contribution in [0.1, 0.15) is 43.2 Å². The van der Waals surface area contributed by atoms with Gasteiger partial charge in [0.1, 0.15) is 5.56 Å². The van der Waals surface area contributed by atoms with E-state index in [2.05, 4.69) is 30.9 Å². The average molecular weight is 267 g/mol. The minimum absolute atomic E-state index is 0.289. The quantitative estimate of drug-likeness (QED) is 0.710. The minimum atomic E-state index is -0.289. The molecule has 1 aromatic heterocycles. The second-order valence-corrected chi connectivity index (χ2v) is 5.27. The third-order valence-electron chi connectivity index (χ3n) is 3.06. The number of ether oxygens (including phenoxy) is 1. The van der Waals surface area contributed by atoms with Crippen molar-refractivity contribution in [1.29, 1.82) is 0 Å². The zero-order valence-electron chi connectivity index (χ0n) is 12.6. The van der Waals surface area contributed by atoms with E-state index < -0.39 is 0 Å². The second-order valence-electron chi connectivity index (χ2n) is 5.27. The number of aryl methyl sites for hydroxylation is 1. The number of hydrogen-bond donors (Lipinski definition) is 0. The Balaban J connectivity index is 2.71. The first kappa shape index (κ1) is 15.7. The van der Waals surface area contributed by atoms with E-state index in [1.165, 1.54) is 0 Å². The lowest BCUT2D eigenvalue weighted by molar-refractivity contribution is 0.0524. The summed E-state index contributed by atoms with van der Waals surface area (Å²) < 4.78 is 6.80. The normalized spacial score (nSPS) is 11.3. The van der Waals surface area contributed by atoms with Gasteiger partial charge in [0.05, 0.1) is 18.5 Å². The highest BCUT2D eigenvalue weighted by Crippen LogP contribution is 2.12. The molecular weight excluding hydrogens is 242 g/mol. The van der Waals surface area contributed by atoms with Crippen molar-refractivity contribution in [3.8, 4) is 0 Å². The van der Waals surface area contributed by atoms with Gasteiger partial charge in [0.25, 0.3) is 0 Å². The van der Waals surface area contributed by atoms with Crippen LogP contribution in [0.3, 0.4) is 0 Å². The van der Waals surface area contributed by atoms with Crippen molar-refractivity contribution in [2.45, 2.75) is 33.7 Å². The van der Waals surface area contributed by atoms with E-state index in [0.29, 0.717) is 24.6 Å². The van der Waals surface area contributed by atoms with Gasteiger partial charge in [-0.1, -0.05) is 13.8 Å². The van der Waals surface area contributed by atoms with Crippen LogP contribution in [-0.2, 0) is 18.3 Å². The molecule has 1 rings (SSSR count). The highest BCUT2D eigenvalue weighted by atomic mass is 16.5. The molecule has 0 aliphatic carbocycles. The molecule has 0 saturated carbocycles. The molecule has 1 aromatic rings. The Morgan fingerprint density at radius 1 is 1.53 bits per heavy atom. The van der Waals surface area contributed by atoms with Crippen LogP contribution in [0.2, 0.25) is 0 Å². The molecule has 0 aliphatic heterocycles. The Morgan fingerprint density at radius 2 is 2.21 bits per heavy atom. The van der Waals surface area contributed by atoms with Gasteiger partial charge in [-0.25, -0.2) is 4.79 Å². The zero-order valence-corrected chi connectivity index (χ0v) is 12.6. The summed E-state index contributed by atoms with van der Waals surface area (Å²) in [5, 5.41) is 4.16. The predicted octanol–water partition coefficient (Wildman–Crippen LogP) is 2.07. The molecule has 0 aliphatic rings. The van der Waals surface area contributed by atoms with Crippen LogP contribution >= 0.6 is 0 Å². The van der Waals surface area contributed by atoms with E-state index in [1.807, 2.05) is 14.0 Å². The molecule has 5 nitrogen and oxygen atoms in total. The standard InChI is InChI=1S/C14H25N3O2/c1-6-19-14(18)12-9-15-17(5)13(12)10-16(4)8-7-11(2)3/h9,11H,6-8,10H2,1-5H3. The van der Waals surface area contributed by atoms with Crippen molar-refractivity contribution in [1.82, 2.24) is 14.7 Å². The summed E-state index contributed by atoms with van der Waals surface area (Å²) in [5.41, 5.74) is 1.48. The fourth-order valence-electron chi connectivity index (χ4n) is 1.84. The van der Waals surface area contributed by atoms with Crippen molar-refractivity contribution < 1.29 is 9.53 Å². The Kier molecular flexibility index (Phi) is 6.02. The van der Waals surface area contributed by atoms with Crippen LogP contribution in [0, 0.1) is 5.92 Å². The average Bonchev–Trinajstić information content (AvgIpc) is 2.69. The highest BCUT2D eigenvalue weighted by molar-refractivity contribution is 5.90. The maximum Gasteiger partial charge on any atom is 0.341 e. The lowest BCUT2D eigenvalue weighted by Gasteiger charge is -2.18. The monoisotopic (exact) mass is 267 g/mol. The molecule has 108 valence electrons. The molecule has 0 N–H and O–H groups in total. The molecule has 5 heteroatoms. The lowest BCUT2D eigenvalue weighted by atomic mass is 10.1. The van der Waals surface area contributed by atoms with Crippen LogP contribution in [-0.4, -0.2) is 40.8 Å². The largest absolute Gasteiger partial charge is 0.462 e. The van der Waals surface area contributed by atoms with E-state index in [0.717, 1.165) is 18.7 Å². The Morgan fingerprint density at radius 3 is 2.79 bits per heavy atom. The number of aromatic nitrogens is 2. The van der Waals surface area contributed by atoms with Gasteiger partial charge in [-0.2, -0.15) is 5.10 Å². The number of nitrogens with zero attached hydrogens (tertiary/aromatic N) is 3. The van der Waals surface area contributed by atoms with Gasteiger partial charge in [-0.15, -0.1) is 0 Å². The number of esters is 1. The lowest BCUT2D eigenvalue weighted by Crippen LogP contribution is -2.23. The van der Waals surface area contributed by atoms with Crippen LogP contribution in [0.4, 0.5) is 0 Å². The maximum absolute atomic E-state index is 11.8. The van der Waals surface area contributed by atoms with Gasteiger partial charge in [-0.05, 0) is 32.9 Å². The first-order valence-corrected chi connectivity index (χ1v) is 6.82. The van der Waals surface area contributed by atoms with E-state index >= 15 is 0 Å². The van der Waals surface area contributed by atoms with Crippen LogP contribution in [0.15, 0.2) is 6.20 Å². The van der Waals surface area contributed by atoms with Gasteiger partial charge in [0, 0.05) is 13.6 Å². The summed E-state index contributed by atoms with van der Waals surface area (Å²) in [4.78, 5) is 14.0. The number of rotatable bonds is 7. The summed E-state index contributed by atoms with van der Waals surface area (Å²) in [7, 11) is 3.92. The number of hydrogen-bond acceptors (Lipinski definition) is 4. The number of carbonyl (C=O) groups excluding carboxylic acids is 1. The molecule has 0 unspecified atom stereocenters. The summed E-state index contributed by atoms with van der Waals surface area (Å²) in [6.45, 7) is 8.32. The minimum Gasteiger partial charge on any atom is -0.462 e. The molecular formula is C14H25N3O2. The van der Waals surface area contributed by atoms with E-state index in [1.54, 1.807) is 10.9 Å².